The molecule has 0 saturated heterocycles. The van der Waals surface area contributed by atoms with Crippen molar-refractivity contribution in [3.05, 3.63) is 81.3 Å². The lowest BCUT2D eigenvalue weighted by Crippen LogP contribution is -2.22. The van der Waals surface area contributed by atoms with Crippen molar-refractivity contribution >= 4 is 39.7 Å². The third-order valence-corrected chi connectivity index (χ3v) is 6.11. The molecule has 0 aliphatic rings. The lowest BCUT2D eigenvalue weighted by atomic mass is 10.2. The number of ether oxygens (including phenoxy) is 2. The van der Waals surface area contributed by atoms with Crippen LogP contribution in [-0.2, 0) is 11.3 Å². The van der Waals surface area contributed by atoms with Crippen LogP contribution in [0.15, 0.2) is 65.4 Å². The molecule has 0 spiro atoms. The number of rotatable bonds is 9. The van der Waals surface area contributed by atoms with Gasteiger partial charge >= 0.3 is 0 Å². The number of nitrogens with one attached hydrogen (secondary N) is 3. The summed E-state index contributed by atoms with van der Waals surface area (Å²) in [7, 11) is 1.55. The molecule has 2 aromatic carbocycles. The Morgan fingerprint density at radius 3 is 2.60 bits per heavy atom. The number of carbonyl (C=O) groups excluding carboxylic acids is 1. The molecule has 9 nitrogen and oxygen atoms in total. The standard InChI is InChI=1S/C24H23BrN6O3S/c1-15-3-5-17(6-4-15)28-21(32)14-34-22-18(19(25)7-8-20(22)33-2)13-27-31-23(29-30-24(31)35)16-9-11-26-12-10-16/h3-12,27H,13-14H2,1-2H3,(H,28,32)(H,30,35). The van der Waals surface area contributed by atoms with Crippen LogP contribution in [-0.4, -0.2) is 39.5 Å². The van der Waals surface area contributed by atoms with E-state index in [1.165, 1.54) is 0 Å². The van der Waals surface area contributed by atoms with E-state index in [-0.39, 0.29) is 12.5 Å². The molecular formula is C24H23BrN6O3S. The number of pyridine rings is 1. The van der Waals surface area contributed by atoms with Crippen molar-refractivity contribution in [3.8, 4) is 22.9 Å². The first-order chi connectivity index (χ1) is 17.0. The van der Waals surface area contributed by atoms with Gasteiger partial charge in [-0.3, -0.25) is 9.78 Å². The predicted octanol–water partition coefficient (Wildman–Crippen LogP) is 4.84. The van der Waals surface area contributed by atoms with Crippen molar-refractivity contribution in [2.45, 2.75) is 13.5 Å². The fourth-order valence-electron chi connectivity index (χ4n) is 3.33. The normalized spacial score (nSPS) is 10.6. The molecule has 0 aliphatic carbocycles. The highest BCUT2D eigenvalue weighted by Crippen LogP contribution is 2.36. The Kier molecular flexibility index (Phi) is 7.78. The third kappa shape index (κ3) is 5.87. The van der Waals surface area contributed by atoms with Crippen LogP contribution in [0.25, 0.3) is 11.4 Å². The molecule has 0 atom stereocenters. The first-order valence-corrected chi connectivity index (χ1v) is 11.8. The van der Waals surface area contributed by atoms with Crippen LogP contribution in [0.4, 0.5) is 5.69 Å². The van der Waals surface area contributed by atoms with E-state index in [4.69, 9.17) is 21.7 Å². The minimum absolute atomic E-state index is 0.193. The van der Waals surface area contributed by atoms with Gasteiger partial charge in [0, 0.05) is 33.7 Å². The van der Waals surface area contributed by atoms with Gasteiger partial charge in [-0.05, 0) is 55.5 Å². The molecule has 35 heavy (non-hydrogen) atoms. The summed E-state index contributed by atoms with van der Waals surface area (Å²) < 4.78 is 14.3. The zero-order chi connectivity index (χ0) is 24.8. The summed E-state index contributed by atoms with van der Waals surface area (Å²) in [6, 6.07) is 14.9. The van der Waals surface area contributed by atoms with Crippen LogP contribution in [0.1, 0.15) is 11.1 Å². The Bertz CT molecular complexity index is 1370. The Morgan fingerprint density at radius 2 is 1.89 bits per heavy atom. The van der Waals surface area contributed by atoms with Crippen molar-refractivity contribution in [1.82, 2.24) is 19.9 Å². The lowest BCUT2D eigenvalue weighted by molar-refractivity contribution is -0.118. The van der Waals surface area contributed by atoms with Gasteiger partial charge in [-0.25, -0.2) is 9.77 Å². The van der Waals surface area contributed by atoms with Gasteiger partial charge in [0.1, 0.15) is 0 Å². The fourth-order valence-corrected chi connectivity index (χ4v) is 3.98. The number of nitrogens with zero attached hydrogens (tertiary/aromatic N) is 3. The molecule has 1 amide bonds. The van der Waals surface area contributed by atoms with E-state index in [9.17, 15) is 4.79 Å². The predicted molar refractivity (Wildman–Crippen MR) is 140 cm³/mol. The Hall–Kier alpha value is -3.70. The Morgan fingerprint density at radius 1 is 1.14 bits per heavy atom. The molecule has 3 N–H and O–H groups in total. The highest BCUT2D eigenvalue weighted by atomic mass is 79.9. The quantitative estimate of drug-likeness (QED) is 0.254. The zero-order valence-corrected chi connectivity index (χ0v) is 21.4. The van der Waals surface area contributed by atoms with Crippen molar-refractivity contribution in [3.63, 3.8) is 0 Å². The number of hydrogen-bond donors (Lipinski definition) is 3. The number of amides is 1. The van der Waals surface area contributed by atoms with Crippen molar-refractivity contribution < 1.29 is 14.3 Å². The van der Waals surface area contributed by atoms with E-state index < -0.39 is 0 Å². The molecule has 11 heteroatoms. The Balaban J connectivity index is 1.53. The molecule has 0 radical (unpaired) electrons. The van der Waals surface area contributed by atoms with E-state index in [2.05, 4.69) is 41.9 Å². The molecule has 0 saturated carbocycles. The fraction of sp³-hybridized carbons (Fsp3) is 0.167. The number of halogens is 1. The molecule has 2 heterocycles. The summed E-state index contributed by atoms with van der Waals surface area (Å²) in [5.74, 6) is 1.26. The number of aryl methyl sites for hydroxylation is 1. The van der Waals surface area contributed by atoms with Gasteiger partial charge in [-0.15, -0.1) is 0 Å². The van der Waals surface area contributed by atoms with Gasteiger partial charge in [0.25, 0.3) is 5.91 Å². The van der Waals surface area contributed by atoms with Crippen LogP contribution in [0.5, 0.6) is 11.5 Å². The van der Waals surface area contributed by atoms with Gasteiger partial charge in [0.2, 0.25) is 4.77 Å². The lowest BCUT2D eigenvalue weighted by Gasteiger charge is -2.18. The minimum Gasteiger partial charge on any atom is -0.493 e. The Labute approximate surface area is 215 Å². The number of aromatic amines is 1. The van der Waals surface area contributed by atoms with E-state index in [1.807, 2.05) is 49.4 Å². The minimum atomic E-state index is -0.285. The topological polar surface area (TPSA) is 106 Å². The number of anilines is 1. The van der Waals surface area contributed by atoms with Crippen molar-refractivity contribution in [1.29, 1.82) is 0 Å². The number of methoxy groups -OCH3 is 1. The maximum absolute atomic E-state index is 12.5. The monoisotopic (exact) mass is 554 g/mol. The average Bonchev–Trinajstić information content (AvgIpc) is 3.24. The second kappa shape index (κ2) is 11.2. The number of hydrogen-bond acceptors (Lipinski definition) is 7. The van der Waals surface area contributed by atoms with Crippen LogP contribution < -0.4 is 20.2 Å². The van der Waals surface area contributed by atoms with E-state index >= 15 is 0 Å². The first-order valence-electron chi connectivity index (χ1n) is 10.6. The summed E-state index contributed by atoms with van der Waals surface area (Å²) in [6.45, 7) is 2.10. The van der Waals surface area contributed by atoms with E-state index in [1.54, 1.807) is 30.2 Å². The second-order valence-corrected chi connectivity index (χ2v) is 8.76. The summed E-state index contributed by atoms with van der Waals surface area (Å²) in [5.41, 5.74) is 6.67. The first kappa shape index (κ1) is 24.4. The van der Waals surface area contributed by atoms with Crippen molar-refractivity contribution in [2.75, 3.05) is 24.5 Å². The van der Waals surface area contributed by atoms with Crippen LogP contribution in [0.3, 0.4) is 0 Å². The molecule has 4 aromatic rings. The molecule has 4 rings (SSSR count). The van der Waals surface area contributed by atoms with E-state index in [0.717, 1.165) is 21.2 Å². The third-order valence-electron chi connectivity index (χ3n) is 5.09. The number of H-pyrrole nitrogens is 1. The number of aromatic nitrogens is 4. The molecule has 0 aliphatic heterocycles. The molecule has 0 bridgehead atoms. The van der Waals surface area contributed by atoms with Gasteiger partial charge in [-0.1, -0.05) is 33.6 Å². The molecular weight excluding hydrogens is 532 g/mol. The number of carbonyl (C=O) groups is 1. The highest BCUT2D eigenvalue weighted by molar-refractivity contribution is 9.10. The van der Waals surface area contributed by atoms with Crippen LogP contribution in [0.2, 0.25) is 0 Å². The van der Waals surface area contributed by atoms with Crippen molar-refractivity contribution in [2.24, 2.45) is 0 Å². The maximum Gasteiger partial charge on any atom is 0.262 e. The van der Waals surface area contributed by atoms with Crippen LogP contribution >= 0.6 is 28.1 Å². The molecule has 0 fully saturated rings. The summed E-state index contributed by atoms with van der Waals surface area (Å²) in [6.07, 6.45) is 3.37. The average molecular weight is 555 g/mol. The van der Waals surface area contributed by atoms with Gasteiger partial charge in [0.15, 0.2) is 23.9 Å². The largest absolute Gasteiger partial charge is 0.493 e. The maximum atomic E-state index is 12.5. The molecule has 0 unspecified atom stereocenters. The van der Waals surface area contributed by atoms with E-state index in [0.29, 0.717) is 34.3 Å². The SMILES string of the molecule is COc1ccc(Br)c(CNn2c(-c3ccncc3)n[nH]c2=S)c1OCC(=O)Nc1ccc(C)cc1. The number of benzene rings is 2. The summed E-state index contributed by atoms with van der Waals surface area (Å²) >= 11 is 8.99. The second-order valence-electron chi connectivity index (χ2n) is 7.52. The highest BCUT2D eigenvalue weighted by Gasteiger charge is 2.17. The molecule has 180 valence electrons. The molecule has 2 aromatic heterocycles. The summed E-state index contributed by atoms with van der Waals surface area (Å²) in [4.78, 5) is 16.6. The zero-order valence-electron chi connectivity index (χ0n) is 19.0. The van der Waals surface area contributed by atoms with Gasteiger partial charge in [0.05, 0.1) is 13.7 Å². The van der Waals surface area contributed by atoms with Gasteiger partial charge in [-0.2, -0.15) is 5.10 Å². The van der Waals surface area contributed by atoms with Crippen LogP contribution in [0, 0.1) is 11.7 Å². The smallest absolute Gasteiger partial charge is 0.262 e. The van der Waals surface area contributed by atoms with Gasteiger partial charge < -0.3 is 20.2 Å². The summed E-state index contributed by atoms with van der Waals surface area (Å²) in [5, 5.41) is 9.95.